The lowest BCUT2D eigenvalue weighted by molar-refractivity contribution is -0.141. The Hall–Kier alpha value is -2.34. The highest BCUT2D eigenvalue weighted by Crippen LogP contribution is 2.37. The summed E-state index contributed by atoms with van der Waals surface area (Å²) in [6.07, 6.45) is 3.66. The van der Waals surface area contributed by atoms with Crippen LogP contribution >= 0.6 is 0 Å². The predicted octanol–water partition coefficient (Wildman–Crippen LogP) is 1.73. The van der Waals surface area contributed by atoms with Gasteiger partial charge in [-0.25, -0.2) is 4.98 Å². The fourth-order valence-corrected chi connectivity index (χ4v) is 3.30. The molecule has 1 saturated heterocycles. The molecular weight excluding hydrogens is 294 g/mol. The van der Waals surface area contributed by atoms with Gasteiger partial charge in [-0.05, 0) is 11.6 Å². The third kappa shape index (κ3) is 3.07. The molecule has 0 bridgehead atoms. The Morgan fingerprint density at radius 1 is 1.39 bits per heavy atom. The van der Waals surface area contributed by atoms with Crippen molar-refractivity contribution in [3.05, 3.63) is 48.0 Å². The average molecular weight is 315 g/mol. The van der Waals surface area contributed by atoms with Gasteiger partial charge in [-0.15, -0.1) is 0 Å². The van der Waals surface area contributed by atoms with Gasteiger partial charge in [-0.3, -0.25) is 9.69 Å². The van der Waals surface area contributed by atoms with E-state index in [4.69, 9.17) is 4.74 Å². The molecule has 2 aromatic rings. The average Bonchev–Trinajstić information content (AvgIpc) is 3.14. The van der Waals surface area contributed by atoms with Crippen LogP contribution in [0.1, 0.15) is 17.3 Å². The van der Waals surface area contributed by atoms with Crippen molar-refractivity contribution in [2.75, 3.05) is 20.2 Å². The summed E-state index contributed by atoms with van der Waals surface area (Å²) in [5, 5.41) is 9.62. The first-order valence-electron chi connectivity index (χ1n) is 7.64. The molecule has 0 radical (unpaired) electrons. The van der Waals surface area contributed by atoms with Crippen LogP contribution in [0.15, 0.2) is 36.7 Å². The quantitative estimate of drug-likeness (QED) is 0.910. The lowest BCUT2D eigenvalue weighted by Crippen LogP contribution is -2.24. The lowest BCUT2D eigenvalue weighted by Gasteiger charge is -2.18. The van der Waals surface area contributed by atoms with Gasteiger partial charge in [0.05, 0.1) is 19.6 Å². The third-order valence-electron chi connectivity index (χ3n) is 4.54. The summed E-state index contributed by atoms with van der Waals surface area (Å²) in [4.78, 5) is 18.2. The molecule has 6 heteroatoms. The Morgan fingerprint density at radius 2 is 2.17 bits per heavy atom. The number of aliphatic carboxylic acids is 1. The largest absolute Gasteiger partial charge is 0.496 e. The number of methoxy groups -OCH3 is 1. The third-order valence-corrected chi connectivity index (χ3v) is 4.54. The summed E-state index contributed by atoms with van der Waals surface area (Å²) in [6, 6.07) is 7.68. The molecule has 1 fully saturated rings. The maximum absolute atomic E-state index is 11.7. The van der Waals surface area contributed by atoms with Crippen LogP contribution in [0.2, 0.25) is 0 Å². The molecule has 122 valence electrons. The summed E-state index contributed by atoms with van der Waals surface area (Å²) in [7, 11) is 3.57. The first kappa shape index (κ1) is 15.6. The summed E-state index contributed by atoms with van der Waals surface area (Å²) < 4.78 is 7.38. The van der Waals surface area contributed by atoms with Crippen molar-refractivity contribution in [2.45, 2.75) is 12.5 Å². The maximum Gasteiger partial charge on any atom is 0.308 e. The van der Waals surface area contributed by atoms with Crippen LogP contribution < -0.4 is 4.74 Å². The van der Waals surface area contributed by atoms with Crippen LogP contribution in [-0.4, -0.2) is 45.7 Å². The highest BCUT2D eigenvalue weighted by molar-refractivity contribution is 5.72. The molecule has 0 saturated carbocycles. The number of para-hydroxylation sites is 1. The zero-order valence-corrected chi connectivity index (χ0v) is 13.3. The van der Waals surface area contributed by atoms with E-state index in [9.17, 15) is 9.90 Å². The molecule has 2 heterocycles. The minimum atomic E-state index is -0.761. The van der Waals surface area contributed by atoms with Gasteiger partial charge in [0.15, 0.2) is 0 Å². The van der Waals surface area contributed by atoms with Crippen molar-refractivity contribution in [3.8, 4) is 5.75 Å². The van der Waals surface area contributed by atoms with E-state index in [0.717, 1.165) is 17.1 Å². The van der Waals surface area contributed by atoms with Crippen molar-refractivity contribution in [2.24, 2.45) is 13.0 Å². The van der Waals surface area contributed by atoms with Crippen LogP contribution in [0.5, 0.6) is 5.75 Å². The second-order valence-corrected chi connectivity index (χ2v) is 5.94. The number of benzene rings is 1. The molecule has 0 unspecified atom stereocenters. The fraction of sp³-hybridized carbons (Fsp3) is 0.412. The second kappa shape index (κ2) is 6.42. The van der Waals surface area contributed by atoms with Gasteiger partial charge >= 0.3 is 5.97 Å². The highest BCUT2D eigenvalue weighted by atomic mass is 16.5. The second-order valence-electron chi connectivity index (χ2n) is 5.94. The van der Waals surface area contributed by atoms with E-state index in [-0.39, 0.29) is 5.92 Å². The topological polar surface area (TPSA) is 67.6 Å². The van der Waals surface area contributed by atoms with Gasteiger partial charge in [-0.1, -0.05) is 18.2 Å². The maximum atomic E-state index is 11.7. The predicted molar refractivity (Wildman–Crippen MR) is 85.3 cm³/mol. The van der Waals surface area contributed by atoms with Crippen LogP contribution in [0, 0.1) is 5.92 Å². The van der Waals surface area contributed by atoms with E-state index in [1.54, 1.807) is 13.3 Å². The zero-order chi connectivity index (χ0) is 16.4. The van der Waals surface area contributed by atoms with Crippen LogP contribution in [-0.2, 0) is 18.4 Å². The van der Waals surface area contributed by atoms with Crippen molar-refractivity contribution in [1.82, 2.24) is 14.5 Å². The smallest absolute Gasteiger partial charge is 0.308 e. The van der Waals surface area contributed by atoms with Gasteiger partial charge in [0.2, 0.25) is 0 Å². The number of aryl methyl sites for hydroxylation is 1. The molecule has 6 nitrogen and oxygen atoms in total. The minimum absolute atomic E-state index is 0.0797. The Labute approximate surface area is 135 Å². The number of imidazole rings is 1. The van der Waals surface area contributed by atoms with E-state index in [0.29, 0.717) is 19.6 Å². The molecule has 1 aromatic carbocycles. The molecule has 0 amide bonds. The number of hydrogen-bond donors (Lipinski definition) is 1. The first-order chi connectivity index (χ1) is 11.1. The Balaban J connectivity index is 1.84. The number of carboxylic acid groups (broad SMARTS) is 1. The molecule has 1 N–H and O–H groups in total. The highest BCUT2D eigenvalue weighted by Gasteiger charge is 2.39. The number of carbonyl (C=O) groups is 1. The van der Waals surface area contributed by atoms with Crippen molar-refractivity contribution in [1.29, 1.82) is 0 Å². The van der Waals surface area contributed by atoms with E-state index >= 15 is 0 Å². The van der Waals surface area contributed by atoms with Gasteiger partial charge < -0.3 is 14.4 Å². The summed E-state index contributed by atoms with van der Waals surface area (Å²) in [6.45, 7) is 1.86. The van der Waals surface area contributed by atoms with Crippen molar-refractivity contribution in [3.63, 3.8) is 0 Å². The number of ether oxygens (including phenoxy) is 1. The van der Waals surface area contributed by atoms with Crippen molar-refractivity contribution >= 4 is 5.97 Å². The number of nitrogens with zero attached hydrogens (tertiary/aromatic N) is 3. The molecule has 1 aliphatic heterocycles. The van der Waals surface area contributed by atoms with E-state index in [1.807, 2.05) is 42.1 Å². The minimum Gasteiger partial charge on any atom is -0.496 e. The monoisotopic (exact) mass is 315 g/mol. The molecule has 2 atom stereocenters. The van der Waals surface area contributed by atoms with Crippen LogP contribution in [0.4, 0.5) is 0 Å². The number of hydrogen-bond acceptors (Lipinski definition) is 4. The SMILES string of the molecule is COc1ccccc1[C@H]1CN(Cc2nccn2C)C[C@@H]1C(=O)O. The normalized spacial score (nSPS) is 21.5. The number of rotatable bonds is 5. The van der Waals surface area contributed by atoms with Gasteiger partial charge in [0.25, 0.3) is 0 Å². The van der Waals surface area contributed by atoms with Crippen LogP contribution in [0.25, 0.3) is 0 Å². The van der Waals surface area contributed by atoms with E-state index < -0.39 is 11.9 Å². The summed E-state index contributed by atoms with van der Waals surface area (Å²) >= 11 is 0. The first-order valence-corrected chi connectivity index (χ1v) is 7.64. The molecular formula is C17H21N3O3. The number of likely N-dealkylation sites (tertiary alicyclic amines) is 1. The molecule has 0 aliphatic carbocycles. The molecule has 3 rings (SSSR count). The number of carboxylic acids is 1. The lowest BCUT2D eigenvalue weighted by atomic mass is 9.88. The Kier molecular flexibility index (Phi) is 4.34. The summed E-state index contributed by atoms with van der Waals surface area (Å²) in [5.74, 6) is 0.413. The Morgan fingerprint density at radius 3 is 2.83 bits per heavy atom. The van der Waals surface area contributed by atoms with Crippen LogP contribution in [0.3, 0.4) is 0 Å². The molecule has 0 spiro atoms. The molecule has 23 heavy (non-hydrogen) atoms. The fourth-order valence-electron chi connectivity index (χ4n) is 3.30. The molecule has 1 aromatic heterocycles. The van der Waals surface area contributed by atoms with E-state index in [1.165, 1.54) is 0 Å². The number of aromatic nitrogens is 2. The Bertz CT molecular complexity index is 698. The molecule has 1 aliphatic rings. The standard InChI is InChI=1S/C17H21N3O3/c1-19-8-7-18-16(19)11-20-9-13(14(10-20)17(21)22)12-5-3-4-6-15(12)23-2/h3-8,13-14H,9-11H2,1-2H3,(H,21,22)/t13-,14+/m1/s1. The summed E-state index contributed by atoms with van der Waals surface area (Å²) in [5.41, 5.74) is 0.963. The zero-order valence-electron chi connectivity index (χ0n) is 13.3. The van der Waals surface area contributed by atoms with Gasteiger partial charge in [0.1, 0.15) is 11.6 Å². The van der Waals surface area contributed by atoms with E-state index in [2.05, 4.69) is 9.88 Å². The van der Waals surface area contributed by atoms with Gasteiger partial charge in [-0.2, -0.15) is 0 Å². The van der Waals surface area contributed by atoms with Gasteiger partial charge in [0, 0.05) is 38.4 Å². The van der Waals surface area contributed by atoms with Crippen molar-refractivity contribution < 1.29 is 14.6 Å².